The molecule has 0 unspecified atom stereocenters. The van der Waals surface area contributed by atoms with Crippen molar-refractivity contribution in [2.24, 2.45) is 5.16 Å². The highest BCUT2D eigenvalue weighted by molar-refractivity contribution is 9.10. The molecule has 4 heteroatoms. The Morgan fingerprint density at radius 1 is 1.45 bits per heavy atom. The average Bonchev–Trinajstić information content (AvgIpc) is 2.04. The van der Waals surface area contributed by atoms with Gasteiger partial charge in [0.25, 0.3) is 0 Å². The van der Waals surface area contributed by atoms with Crippen LogP contribution in [-0.2, 0) is 0 Å². The van der Waals surface area contributed by atoms with Crippen LogP contribution in [0.4, 0.5) is 0 Å². The quantitative estimate of drug-likeness (QED) is 0.452. The fourth-order valence-electron chi connectivity index (χ4n) is 0.682. The number of oxime groups is 1. The number of hydrogen-bond acceptors (Lipinski definition) is 2. The van der Waals surface area contributed by atoms with Gasteiger partial charge in [0.05, 0.1) is 0 Å². The normalized spacial score (nSPS) is 11.6. The maximum Gasteiger partial charge on any atom is 0.176 e. The molecule has 1 N–H and O–H groups in total. The van der Waals surface area contributed by atoms with Crippen molar-refractivity contribution in [1.82, 2.24) is 0 Å². The zero-order chi connectivity index (χ0) is 8.27. The summed E-state index contributed by atoms with van der Waals surface area (Å²) in [6.07, 6.45) is 0. The molecule has 58 valence electrons. The van der Waals surface area contributed by atoms with Crippen molar-refractivity contribution in [1.29, 1.82) is 0 Å². The number of hydrogen-bond donors (Lipinski definition) is 1. The van der Waals surface area contributed by atoms with Gasteiger partial charge in [-0.15, -0.1) is 0 Å². The van der Waals surface area contributed by atoms with Crippen LogP contribution in [0.1, 0.15) is 5.56 Å². The fraction of sp³-hybridized carbons (Fsp3) is 0. The first-order valence-electron chi connectivity index (χ1n) is 2.88. The van der Waals surface area contributed by atoms with Gasteiger partial charge in [0.1, 0.15) is 0 Å². The van der Waals surface area contributed by atoms with Crippen molar-refractivity contribution in [2.75, 3.05) is 0 Å². The van der Waals surface area contributed by atoms with Crippen LogP contribution in [0.15, 0.2) is 33.9 Å². The summed E-state index contributed by atoms with van der Waals surface area (Å²) < 4.78 is 0.808. The van der Waals surface area contributed by atoms with Gasteiger partial charge < -0.3 is 5.21 Å². The van der Waals surface area contributed by atoms with Crippen molar-refractivity contribution in [2.45, 2.75) is 0 Å². The second-order valence-corrected chi connectivity index (χ2v) is 3.08. The standard InChI is InChI=1S/C7H5BrClNO/c8-6-4-2-1-3-5(6)7(9)10-11/h1-4,11H. The van der Waals surface area contributed by atoms with Gasteiger partial charge in [-0.25, -0.2) is 0 Å². The Labute approximate surface area is 77.6 Å². The smallest absolute Gasteiger partial charge is 0.176 e. The molecule has 1 aromatic rings. The molecule has 0 aromatic heterocycles. The first-order chi connectivity index (χ1) is 5.25. The molecule has 0 aliphatic rings. The van der Waals surface area contributed by atoms with Crippen molar-refractivity contribution in [3.05, 3.63) is 34.3 Å². The number of rotatable bonds is 1. The van der Waals surface area contributed by atoms with E-state index in [0.29, 0.717) is 5.56 Å². The van der Waals surface area contributed by atoms with Crippen LogP contribution in [0.25, 0.3) is 0 Å². The summed E-state index contributed by atoms with van der Waals surface area (Å²) >= 11 is 8.83. The third kappa shape index (κ3) is 1.94. The van der Waals surface area contributed by atoms with E-state index in [1.807, 2.05) is 18.2 Å². The molecule has 0 aliphatic carbocycles. The van der Waals surface area contributed by atoms with Crippen LogP contribution >= 0.6 is 27.5 Å². The topological polar surface area (TPSA) is 32.6 Å². The Morgan fingerprint density at radius 3 is 2.64 bits per heavy atom. The third-order valence-corrected chi connectivity index (χ3v) is 2.15. The first kappa shape index (κ1) is 8.56. The molecule has 0 spiro atoms. The van der Waals surface area contributed by atoms with Crippen molar-refractivity contribution in [3.63, 3.8) is 0 Å². The van der Waals surface area contributed by atoms with Crippen molar-refractivity contribution >= 4 is 32.7 Å². The lowest BCUT2D eigenvalue weighted by molar-refractivity contribution is 0.321. The fourth-order valence-corrected chi connectivity index (χ4v) is 1.43. The molecule has 0 bridgehead atoms. The molecule has 0 aliphatic heterocycles. The Hall–Kier alpha value is -0.540. The van der Waals surface area contributed by atoms with Crippen LogP contribution < -0.4 is 0 Å². The van der Waals surface area contributed by atoms with Gasteiger partial charge in [0.15, 0.2) is 5.17 Å². The van der Waals surface area contributed by atoms with Gasteiger partial charge in [-0.1, -0.05) is 50.9 Å². The summed E-state index contributed by atoms with van der Waals surface area (Å²) in [5.41, 5.74) is 0.677. The second kappa shape index (κ2) is 3.74. The molecular formula is C7H5BrClNO. The van der Waals surface area contributed by atoms with E-state index in [9.17, 15) is 0 Å². The molecule has 0 radical (unpaired) electrons. The molecular weight excluding hydrogens is 229 g/mol. The van der Waals surface area contributed by atoms with Crippen molar-refractivity contribution in [3.8, 4) is 0 Å². The Bertz CT molecular complexity index is 288. The van der Waals surface area contributed by atoms with Crippen LogP contribution in [0.3, 0.4) is 0 Å². The summed E-state index contributed by atoms with van der Waals surface area (Å²) in [5, 5.41) is 11.3. The lowest BCUT2D eigenvalue weighted by Gasteiger charge is -1.97. The molecule has 2 nitrogen and oxygen atoms in total. The lowest BCUT2D eigenvalue weighted by Crippen LogP contribution is -1.91. The van der Waals surface area contributed by atoms with Gasteiger partial charge >= 0.3 is 0 Å². The first-order valence-corrected chi connectivity index (χ1v) is 4.05. The zero-order valence-corrected chi connectivity index (χ0v) is 7.80. The van der Waals surface area contributed by atoms with E-state index in [2.05, 4.69) is 21.1 Å². The third-order valence-electron chi connectivity index (χ3n) is 1.18. The number of halogens is 2. The minimum atomic E-state index is 0.0810. The molecule has 0 amide bonds. The van der Waals surface area contributed by atoms with Crippen LogP contribution in [-0.4, -0.2) is 10.4 Å². The SMILES string of the molecule is ON=C(Cl)c1ccccc1Br. The monoisotopic (exact) mass is 233 g/mol. The molecule has 0 fully saturated rings. The lowest BCUT2D eigenvalue weighted by atomic mass is 10.2. The van der Waals surface area contributed by atoms with Gasteiger partial charge in [0, 0.05) is 10.0 Å². The summed E-state index contributed by atoms with van der Waals surface area (Å²) in [4.78, 5) is 0. The number of nitrogens with zero attached hydrogens (tertiary/aromatic N) is 1. The van der Waals surface area contributed by atoms with E-state index in [0.717, 1.165) is 4.47 Å². The molecule has 0 saturated carbocycles. The van der Waals surface area contributed by atoms with Crippen LogP contribution in [0.2, 0.25) is 0 Å². The van der Waals surface area contributed by atoms with E-state index >= 15 is 0 Å². The highest BCUT2D eigenvalue weighted by atomic mass is 79.9. The molecule has 11 heavy (non-hydrogen) atoms. The predicted octanol–water partition coefficient (Wildman–Crippen LogP) is 2.82. The molecule has 0 atom stereocenters. The van der Waals surface area contributed by atoms with Gasteiger partial charge in [-0.05, 0) is 6.07 Å². The highest BCUT2D eigenvalue weighted by Crippen LogP contribution is 2.17. The van der Waals surface area contributed by atoms with E-state index in [1.165, 1.54) is 0 Å². The Morgan fingerprint density at radius 2 is 2.09 bits per heavy atom. The Balaban J connectivity index is 3.14. The zero-order valence-electron chi connectivity index (χ0n) is 5.46. The predicted molar refractivity (Wildman–Crippen MR) is 48.3 cm³/mol. The summed E-state index contributed by atoms with van der Waals surface area (Å²) in [5.74, 6) is 0. The van der Waals surface area contributed by atoms with E-state index in [1.54, 1.807) is 6.07 Å². The second-order valence-electron chi connectivity index (χ2n) is 1.87. The largest absolute Gasteiger partial charge is 0.410 e. The van der Waals surface area contributed by atoms with Crippen LogP contribution in [0.5, 0.6) is 0 Å². The van der Waals surface area contributed by atoms with E-state index in [-0.39, 0.29) is 5.17 Å². The molecule has 0 saturated heterocycles. The van der Waals surface area contributed by atoms with E-state index < -0.39 is 0 Å². The number of benzene rings is 1. The van der Waals surface area contributed by atoms with Gasteiger partial charge in [0.2, 0.25) is 0 Å². The van der Waals surface area contributed by atoms with Crippen LogP contribution in [0, 0.1) is 0 Å². The highest BCUT2D eigenvalue weighted by Gasteiger charge is 2.02. The van der Waals surface area contributed by atoms with Gasteiger partial charge in [-0.3, -0.25) is 0 Å². The summed E-state index contributed by atoms with van der Waals surface area (Å²) in [7, 11) is 0. The maximum atomic E-state index is 8.35. The maximum absolute atomic E-state index is 8.35. The molecule has 1 aromatic carbocycles. The van der Waals surface area contributed by atoms with Gasteiger partial charge in [-0.2, -0.15) is 0 Å². The van der Waals surface area contributed by atoms with Crippen molar-refractivity contribution < 1.29 is 5.21 Å². The average molecular weight is 234 g/mol. The minimum Gasteiger partial charge on any atom is -0.410 e. The van der Waals surface area contributed by atoms with E-state index in [4.69, 9.17) is 16.8 Å². The Kier molecular flexibility index (Phi) is 2.91. The minimum absolute atomic E-state index is 0.0810. The molecule has 0 heterocycles. The summed E-state index contributed by atoms with van der Waals surface area (Å²) in [6, 6.07) is 7.25. The molecule has 1 rings (SSSR count). The summed E-state index contributed by atoms with van der Waals surface area (Å²) in [6.45, 7) is 0.